The van der Waals surface area contributed by atoms with Crippen LogP contribution in [0.2, 0.25) is 5.02 Å². The Hall–Kier alpha value is -3.11. The SMILES string of the molecule is O=C(Cn1nc(-c2ccccc2)c2ccccc21)NCc1ccc(Cl)cc1. The number of aromatic nitrogens is 2. The maximum atomic E-state index is 12.4. The lowest BCUT2D eigenvalue weighted by molar-refractivity contribution is -0.121. The number of rotatable bonds is 5. The normalized spacial score (nSPS) is 10.9. The largest absolute Gasteiger partial charge is 0.350 e. The summed E-state index contributed by atoms with van der Waals surface area (Å²) in [6.45, 7) is 0.627. The fourth-order valence-corrected chi connectivity index (χ4v) is 3.18. The van der Waals surface area contributed by atoms with Crippen LogP contribution in [0, 0.1) is 0 Å². The average Bonchev–Trinajstić information content (AvgIpc) is 3.07. The minimum absolute atomic E-state index is 0.0854. The molecule has 1 N–H and O–H groups in total. The number of benzene rings is 3. The smallest absolute Gasteiger partial charge is 0.242 e. The summed E-state index contributed by atoms with van der Waals surface area (Å²) in [6, 6.07) is 25.4. The summed E-state index contributed by atoms with van der Waals surface area (Å²) >= 11 is 5.89. The summed E-state index contributed by atoms with van der Waals surface area (Å²) in [6.07, 6.45) is 0. The standard InChI is InChI=1S/C22H18ClN3O/c23-18-12-10-16(11-13-18)14-24-21(27)15-26-20-9-5-4-8-19(20)22(25-26)17-6-2-1-3-7-17/h1-13H,14-15H2,(H,24,27). The van der Waals surface area contributed by atoms with E-state index in [0.717, 1.165) is 27.7 Å². The van der Waals surface area contributed by atoms with Gasteiger partial charge in [0, 0.05) is 22.5 Å². The molecule has 0 spiro atoms. The molecule has 0 aliphatic carbocycles. The zero-order valence-corrected chi connectivity index (χ0v) is 15.4. The minimum atomic E-state index is -0.0854. The Morgan fingerprint density at radius 3 is 2.41 bits per heavy atom. The Kier molecular flexibility index (Phi) is 4.90. The molecule has 4 rings (SSSR count). The van der Waals surface area contributed by atoms with Crippen molar-refractivity contribution in [2.75, 3.05) is 0 Å². The van der Waals surface area contributed by atoms with E-state index >= 15 is 0 Å². The van der Waals surface area contributed by atoms with Crippen molar-refractivity contribution in [1.29, 1.82) is 0 Å². The number of para-hydroxylation sites is 1. The van der Waals surface area contributed by atoms with E-state index in [-0.39, 0.29) is 12.5 Å². The van der Waals surface area contributed by atoms with Gasteiger partial charge in [0.05, 0.1) is 5.52 Å². The van der Waals surface area contributed by atoms with E-state index in [1.807, 2.05) is 78.9 Å². The highest BCUT2D eigenvalue weighted by atomic mass is 35.5. The van der Waals surface area contributed by atoms with E-state index in [2.05, 4.69) is 5.32 Å². The molecule has 4 nitrogen and oxygen atoms in total. The summed E-state index contributed by atoms with van der Waals surface area (Å²) in [5.41, 5.74) is 3.87. The molecule has 0 unspecified atom stereocenters. The van der Waals surface area contributed by atoms with E-state index in [9.17, 15) is 4.79 Å². The first-order chi connectivity index (χ1) is 13.2. The van der Waals surface area contributed by atoms with Crippen molar-refractivity contribution in [2.45, 2.75) is 13.1 Å². The van der Waals surface area contributed by atoms with Gasteiger partial charge in [-0.1, -0.05) is 72.3 Å². The van der Waals surface area contributed by atoms with Gasteiger partial charge in [-0.15, -0.1) is 0 Å². The highest BCUT2D eigenvalue weighted by Gasteiger charge is 2.13. The molecule has 0 fully saturated rings. The molecule has 1 heterocycles. The number of fused-ring (bicyclic) bond motifs is 1. The van der Waals surface area contributed by atoms with E-state index in [0.29, 0.717) is 11.6 Å². The second-order valence-electron chi connectivity index (χ2n) is 6.29. The molecular formula is C22H18ClN3O. The number of carbonyl (C=O) groups excluding carboxylic acids is 1. The first-order valence-corrected chi connectivity index (χ1v) is 9.10. The predicted octanol–water partition coefficient (Wildman–Crippen LogP) is 4.67. The van der Waals surface area contributed by atoms with Crippen LogP contribution in [-0.2, 0) is 17.9 Å². The third-order valence-electron chi connectivity index (χ3n) is 4.40. The molecule has 3 aromatic carbocycles. The molecule has 0 saturated heterocycles. The van der Waals surface area contributed by atoms with Crippen LogP contribution in [-0.4, -0.2) is 15.7 Å². The number of hydrogen-bond acceptors (Lipinski definition) is 2. The molecule has 0 atom stereocenters. The van der Waals surface area contributed by atoms with Gasteiger partial charge in [0.2, 0.25) is 5.91 Å². The maximum Gasteiger partial charge on any atom is 0.242 e. The van der Waals surface area contributed by atoms with Gasteiger partial charge < -0.3 is 5.32 Å². The van der Waals surface area contributed by atoms with Gasteiger partial charge in [-0.05, 0) is 23.8 Å². The molecule has 0 bridgehead atoms. The van der Waals surface area contributed by atoms with Crippen molar-refractivity contribution in [3.05, 3.63) is 89.4 Å². The lowest BCUT2D eigenvalue weighted by Crippen LogP contribution is -2.27. The summed E-state index contributed by atoms with van der Waals surface area (Å²) in [4.78, 5) is 12.4. The van der Waals surface area contributed by atoms with E-state index < -0.39 is 0 Å². The van der Waals surface area contributed by atoms with Crippen LogP contribution < -0.4 is 5.32 Å². The quantitative estimate of drug-likeness (QED) is 0.550. The van der Waals surface area contributed by atoms with Gasteiger partial charge in [-0.25, -0.2) is 0 Å². The van der Waals surface area contributed by atoms with Crippen LogP contribution in [0.25, 0.3) is 22.2 Å². The zero-order valence-electron chi connectivity index (χ0n) is 14.6. The molecule has 1 aromatic heterocycles. The Bertz CT molecular complexity index is 1070. The van der Waals surface area contributed by atoms with E-state index in [4.69, 9.17) is 16.7 Å². The number of carbonyl (C=O) groups is 1. The summed E-state index contributed by atoms with van der Waals surface area (Å²) in [7, 11) is 0. The summed E-state index contributed by atoms with van der Waals surface area (Å²) in [5.74, 6) is -0.0854. The molecule has 0 radical (unpaired) electrons. The third-order valence-corrected chi connectivity index (χ3v) is 4.65. The van der Waals surface area contributed by atoms with Crippen LogP contribution in [0.3, 0.4) is 0 Å². The second-order valence-corrected chi connectivity index (χ2v) is 6.73. The van der Waals surface area contributed by atoms with Crippen molar-refractivity contribution < 1.29 is 4.79 Å². The van der Waals surface area contributed by atoms with Crippen molar-refractivity contribution >= 4 is 28.4 Å². The van der Waals surface area contributed by atoms with Crippen LogP contribution in [0.5, 0.6) is 0 Å². The molecule has 0 aliphatic heterocycles. The van der Waals surface area contributed by atoms with Gasteiger partial charge >= 0.3 is 0 Å². The average molecular weight is 376 g/mol. The Morgan fingerprint density at radius 1 is 0.926 bits per heavy atom. The fraction of sp³-hybridized carbons (Fsp3) is 0.0909. The lowest BCUT2D eigenvalue weighted by Gasteiger charge is -2.06. The van der Waals surface area contributed by atoms with Gasteiger partial charge in [0.1, 0.15) is 12.2 Å². The van der Waals surface area contributed by atoms with Crippen molar-refractivity contribution in [3.63, 3.8) is 0 Å². The predicted molar refractivity (Wildman–Crippen MR) is 108 cm³/mol. The first-order valence-electron chi connectivity index (χ1n) is 8.73. The van der Waals surface area contributed by atoms with Crippen molar-refractivity contribution in [3.8, 4) is 11.3 Å². The molecule has 0 saturated carbocycles. The van der Waals surface area contributed by atoms with Gasteiger partial charge in [-0.3, -0.25) is 9.48 Å². The second kappa shape index (κ2) is 7.64. The number of amides is 1. The van der Waals surface area contributed by atoms with Crippen LogP contribution in [0.1, 0.15) is 5.56 Å². The minimum Gasteiger partial charge on any atom is -0.350 e. The van der Waals surface area contributed by atoms with E-state index in [1.165, 1.54) is 0 Å². The van der Waals surface area contributed by atoms with Crippen LogP contribution in [0.4, 0.5) is 0 Å². The van der Waals surface area contributed by atoms with Crippen molar-refractivity contribution in [2.24, 2.45) is 0 Å². The molecule has 0 aliphatic rings. The molecule has 27 heavy (non-hydrogen) atoms. The summed E-state index contributed by atoms with van der Waals surface area (Å²) in [5, 5.41) is 9.36. The molecule has 4 aromatic rings. The van der Waals surface area contributed by atoms with Gasteiger partial charge in [-0.2, -0.15) is 5.10 Å². The van der Waals surface area contributed by atoms with Gasteiger partial charge in [0.15, 0.2) is 0 Å². The zero-order chi connectivity index (χ0) is 18.6. The molecular weight excluding hydrogens is 358 g/mol. The Morgan fingerprint density at radius 2 is 1.63 bits per heavy atom. The molecule has 1 amide bonds. The van der Waals surface area contributed by atoms with Crippen molar-refractivity contribution in [1.82, 2.24) is 15.1 Å². The third kappa shape index (κ3) is 3.86. The molecule has 134 valence electrons. The number of nitrogens with zero attached hydrogens (tertiary/aromatic N) is 2. The Labute approximate surface area is 162 Å². The summed E-state index contributed by atoms with van der Waals surface area (Å²) < 4.78 is 1.76. The number of hydrogen-bond donors (Lipinski definition) is 1. The van der Waals surface area contributed by atoms with Gasteiger partial charge in [0.25, 0.3) is 0 Å². The Balaban J connectivity index is 1.55. The monoisotopic (exact) mass is 375 g/mol. The highest BCUT2D eigenvalue weighted by Crippen LogP contribution is 2.27. The first kappa shape index (κ1) is 17.3. The number of halogens is 1. The highest BCUT2D eigenvalue weighted by molar-refractivity contribution is 6.30. The maximum absolute atomic E-state index is 12.4. The van der Waals surface area contributed by atoms with Crippen LogP contribution in [0.15, 0.2) is 78.9 Å². The number of nitrogens with one attached hydrogen (secondary N) is 1. The van der Waals surface area contributed by atoms with E-state index in [1.54, 1.807) is 4.68 Å². The fourth-order valence-electron chi connectivity index (χ4n) is 3.05. The topological polar surface area (TPSA) is 46.9 Å². The lowest BCUT2D eigenvalue weighted by atomic mass is 10.1. The molecule has 5 heteroatoms. The van der Waals surface area contributed by atoms with Crippen LogP contribution >= 0.6 is 11.6 Å².